The lowest BCUT2D eigenvalue weighted by Crippen LogP contribution is -2.37. The van der Waals surface area contributed by atoms with Crippen molar-refractivity contribution in [2.75, 3.05) is 43.9 Å². The second kappa shape index (κ2) is 10.1. The van der Waals surface area contributed by atoms with Crippen LogP contribution in [0, 0.1) is 5.92 Å². The van der Waals surface area contributed by atoms with E-state index in [1.54, 1.807) is 19.2 Å². The lowest BCUT2D eigenvalue weighted by atomic mass is 9.99. The first-order valence-electron chi connectivity index (χ1n) is 8.77. The molecular weight excluding hydrogens is 376 g/mol. The number of piperidine rings is 1. The zero-order valence-corrected chi connectivity index (χ0v) is 17.2. The number of halogens is 1. The zero-order valence-electron chi connectivity index (χ0n) is 15.5. The van der Waals surface area contributed by atoms with Crippen molar-refractivity contribution < 1.29 is 13.2 Å². The van der Waals surface area contributed by atoms with Crippen LogP contribution in [-0.2, 0) is 14.8 Å². The predicted octanol–water partition coefficient (Wildman–Crippen LogP) is 2.12. The van der Waals surface area contributed by atoms with Gasteiger partial charge in [0.05, 0.1) is 22.2 Å². The molecule has 3 N–H and O–H groups in total. The highest BCUT2D eigenvalue weighted by Gasteiger charge is 2.25. The van der Waals surface area contributed by atoms with E-state index in [4.69, 9.17) is 0 Å². The minimum Gasteiger partial charge on any atom is -0.386 e. The maximum Gasteiger partial charge on any atom is 0.243 e. The fraction of sp³-hybridized carbons (Fsp3) is 0.588. The Morgan fingerprint density at radius 1 is 1.27 bits per heavy atom. The number of carbonyl (C=O) groups excluding carboxylic acids is 1. The van der Waals surface area contributed by atoms with Crippen LogP contribution in [0.4, 0.5) is 11.4 Å². The molecule has 0 bridgehead atoms. The SMILES string of the molecule is CCN(CC)S(=O)(=O)c1ccc(NC)c(NC(=O)C2CCCNC2)c1.Cl. The molecule has 9 heteroatoms. The fourth-order valence-electron chi connectivity index (χ4n) is 3.03. The van der Waals surface area contributed by atoms with Crippen LogP contribution in [0.25, 0.3) is 0 Å². The van der Waals surface area contributed by atoms with Gasteiger partial charge in [0.1, 0.15) is 0 Å². The molecule has 1 saturated heterocycles. The molecule has 7 nitrogen and oxygen atoms in total. The van der Waals surface area contributed by atoms with Crippen molar-refractivity contribution in [1.29, 1.82) is 0 Å². The molecule has 0 radical (unpaired) electrons. The maximum atomic E-state index is 12.7. The van der Waals surface area contributed by atoms with Crippen LogP contribution in [0.5, 0.6) is 0 Å². The zero-order chi connectivity index (χ0) is 18.4. The Bertz CT molecular complexity index is 702. The van der Waals surface area contributed by atoms with E-state index in [0.717, 1.165) is 19.4 Å². The van der Waals surface area contributed by atoms with Gasteiger partial charge >= 0.3 is 0 Å². The molecule has 1 aliphatic heterocycles. The number of sulfonamides is 1. The highest BCUT2D eigenvalue weighted by molar-refractivity contribution is 7.89. The van der Waals surface area contributed by atoms with Crippen LogP contribution in [-0.4, -0.2) is 51.9 Å². The van der Waals surface area contributed by atoms with Gasteiger partial charge in [0.25, 0.3) is 0 Å². The van der Waals surface area contributed by atoms with E-state index in [1.807, 2.05) is 13.8 Å². The van der Waals surface area contributed by atoms with Crippen molar-refractivity contribution >= 4 is 39.7 Å². The van der Waals surface area contributed by atoms with Gasteiger partial charge in [-0.15, -0.1) is 12.4 Å². The van der Waals surface area contributed by atoms with Crippen LogP contribution < -0.4 is 16.0 Å². The highest BCUT2D eigenvalue weighted by atomic mass is 35.5. The fourth-order valence-corrected chi connectivity index (χ4v) is 4.51. The number of nitrogens with zero attached hydrogens (tertiary/aromatic N) is 1. The minimum atomic E-state index is -3.57. The molecule has 1 aliphatic rings. The molecule has 148 valence electrons. The number of amides is 1. The third-order valence-electron chi connectivity index (χ3n) is 4.53. The quantitative estimate of drug-likeness (QED) is 0.647. The van der Waals surface area contributed by atoms with Crippen molar-refractivity contribution in [3.05, 3.63) is 18.2 Å². The number of rotatable bonds is 7. The standard InChI is InChI=1S/C17H28N4O3S.ClH/c1-4-21(5-2)25(23,24)14-8-9-15(18-3)16(11-14)20-17(22)13-7-6-10-19-12-13;/h8-9,11,13,18-19H,4-7,10,12H2,1-3H3,(H,20,22);1H. The van der Waals surface area contributed by atoms with Crippen molar-refractivity contribution in [2.45, 2.75) is 31.6 Å². The molecule has 1 atom stereocenters. The Balaban J connectivity index is 0.00000338. The van der Waals surface area contributed by atoms with E-state index >= 15 is 0 Å². The van der Waals surface area contributed by atoms with E-state index in [9.17, 15) is 13.2 Å². The molecule has 1 fully saturated rings. The predicted molar refractivity (Wildman–Crippen MR) is 108 cm³/mol. The summed E-state index contributed by atoms with van der Waals surface area (Å²) in [4.78, 5) is 12.7. The Hall–Kier alpha value is -1.35. The molecule has 26 heavy (non-hydrogen) atoms. The van der Waals surface area contributed by atoms with Crippen LogP contribution >= 0.6 is 12.4 Å². The van der Waals surface area contributed by atoms with Gasteiger partial charge in [0.15, 0.2) is 0 Å². The van der Waals surface area contributed by atoms with Gasteiger partial charge in [0, 0.05) is 26.7 Å². The number of anilines is 2. The number of benzene rings is 1. The van der Waals surface area contributed by atoms with Crippen LogP contribution in [0.3, 0.4) is 0 Å². The average Bonchev–Trinajstić information content (AvgIpc) is 2.63. The second-order valence-electron chi connectivity index (χ2n) is 6.08. The minimum absolute atomic E-state index is 0. The number of hydrogen-bond donors (Lipinski definition) is 3. The second-order valence-corrected chi connectivity index (χ2v) is 8.02. The molecule has 0 saturated carbocycles. The Morgan fingerprint density at radius 3 is 2.50 bits per heavy atom. The molecule has 1 aromatic carbocycles. The van der Waals surface area contributed by atoms with E-state index in [-0.39, 0.29) is 29.1 Å². The van der Waals surface area contributed by atoms with Gasteiger partial charge in [-0.3, -0.25) is 4.79 Å². The van der Waals surface area contributed by atoms with Crippen LogP contribution in [0.1, 0.15) is 26.7 Å². The van der Waals surface area contributed by atoms with E-state index in [0.29, 0.717) is 31.0 Å². The van der Waals surface area contributed by atoms with E-state index in [2.05, 4.69) is 16.0 Å². The van der Waals surface area contributed by atoms with Crippen LogP contribution in [0.15, 0.2) is 23.1 Å². The van der Waals surface area contributed by atoms with Gasteiger partial charge in [0.2, 0.25) is 15.9 Å². The molecular formula is C17H29ClN4O3S. The largest absolute Gasteiger partial charge is 0.386 e. The van der Waals surface area contributed by atoms with Crippen molar-refractivity contribution in [3.8, 4) is 0 Å². The normalized spacial score (nSPS) is 17.5. The van der Waals surface area contributed by atoms with Gasteiger partial charge in [-0.1, -0.05) is 13.8 Å². The summed E-state index contributed by atoms with van der Waals surface area (Å²) in [5.74, 6) is -0.178. The first-order valence-corrected chi connectivity index (χ1v) is 10.2. The third-order valence-corrected chi connectivity index (χ3v) is 6.57. The smallest absolute Gasteiger partial charge is 0.243 e. The molecule has 0 aromatic heterocycles. The lowest BCUT2D eigenvalue weighted by molar-refractivity contribution is -0.120. The molecule has 0 spiro atoms. The van der Waals surface area contributed by atoms with Gasteiger partial charge < -0.3 is 16.0 Å². The first kappa shape index (κ1) is 22.7. The number of carbonyl (C=O) groups is 1. The first-order chi connectivity index (χ1) is 11.9. The van der Waals surface area contributed by atoms with Crippen LogP contribution in [0.2, 0.25) is 0 Å². The van der Waals surface area contributed by atoms with Crippen molar-refractivity contribution in [3.63, 3.8) is 0 Å². The summed E-state index contributed by atoms with van der Waals surface area (Å²) in [6, 6.07) is 4.79. The summed E-state index contributed by atoms with van der Waals surface area (Å²) >= 11 is 0. The summed E-state index contributed by atoms with van der Waals surface area (Å²) in [6.07, 6.45) is 1.80. The summed E-state index contributed by atoms with van der Waals surface area (Å²) in [5.41, 5.74) is 1.18. The average molecular weight is 405 g/mol. The van der Waals surface area contributed by atoms with Gasteiger partial charge in [-0.25, -0.2) is 8.42 Å². The maximum absolute atomic E-state index is 12.7. The van der Waals surface area contributed by atoms with Crippen molar-refractivity contribution in [1.82, 2.24) is 9.62 Å². The lowest BCUT2D eigenvalue weighted by Gasteiger charge is -2.23. The number of hydrogen-bond acceptors (Lipinski definition) is 5. The summed E-state index contributed by atoms with van der Waals surface area (Å²) in [5, 5.41) is 9.11. The third kappa shape index (κ3) is 5.09. The van der Waals surface area contributed by atoms with E-state index in [1.165, 1.54) is 10.4 Å². The topological polar surface area (TPSA) is 90.5 Å². The Labute approximate surface area is 162 Å². The van der Waals surface area contributed by atoms with Gasteiger partial charge in [-0.05, 0) is 37.6 Å². The molecule has 1 unspecified atom stereocenters. The summed E-state index contributed by atoms with van der Waals surface area (Å²) in [7, 11) is -1.83. The monoisotopic (exact) mass is 404 g/mol. The number of nitrogens with one attached hydrogen (secondary N) is 3. The molecule has 1 heterocycles. The molecule has 0 aliphatic carbocycles. The van der Waals surface area contributed by atoms with E-state index < -0.39 is 10.0 Å². The highest BCUT2D eigenvalue weighted by Crippen LogP contribution is 2.28. The van der Waals surface area contributed by atoms with Gasteiger partial charge in [-0.2, -0.15) is 4.31 Å². The summed E-state index contributed by atoms with van der Waals surface area (Å²) in [6.45, 7) is 6.01. The van der Waals surface area contributed by atoms with Crippen molar-refractivity contribution in [2.24, 2.45) is 5.92 Å². The molecule has 2 rings (SSSR count). The molecule has 1 aromatic rings. The summed E-state index contributed by atoms with van der Waals surface area (Å²) < 4.78 is 26.8. The molecule has 1 amide bonds. The Morgan fingerprint density at radius 2 is 1.96 bits per heavy atom. The Kier molecular flexibility index (Phi) is 8.82.